The minimum atomic E-state index is -3.87. The number of non-ortho nitro benzene ring substituents is 1. The first kappa shape index (κ1) is 20.3. The van der Waals surface area contributed by atoms with Gasteiger partial charge in [0.1, 0.15) is 5.00 Å². The van der Waals surface area contributed by atoms with Crippen LogP contribution < -0.4 is 4.72 Å². The van der Waals surface area contributed by atoms with E-state index in [4.69, 9.17) is 4.74 Å². The Kier molecular flexibility index (Phi) is 5.99. The van der Waals surface area contributed by atoms with Gasteiger partial charge in [0.2, 0.25) is 10.0 Å². The number of benzene rings is 1. The van der Waals surface area contributed by atoms with Crippen molar-refractivity contribution in [2.45, 2.75) is 38.4 Å². The van der Waals surface area contributed by atoms with Gasteiger partial charge in [-0.15, -0.1) is 11.3 Å². The van der Waals surface area contributed by atoms with Gasteiger partial charge in [0.15, 0.2) is 0 Å². The van der Waals surface area contributed by atoms with E-state index in [1.54, 1.807) is 6.92 Å². The van der Waals surface area contributed by atoms with Gasteiger partial charge < -0.3 is 4.74 Å². The number of nitro groups is 1. The second-order valence-electron chi connectivity index (χ2n) is 6.42. The third-order valence-electron chi connectivity index (χ3n) is 4.38. The third kappa shape index (κ3) is 4.50. The fourth-order valence-electron chi connectivity index (χ4n) is 3.21. The number of aryl methyl sites for hydroxylation is 1. The molecule has 0 spiro atoms. The first-order valence-electron chi connectivity index (χ1n) is 8.86. The number of rotatable bonds is 7. The van der Waals surface area contributed by atoms with Crippen LogP contribution in [0.3, 0.4) is 0 Å². The topological polar surface area (TPSA) is 116 Å². The number of fused-ring (bicyclic) bond motifs is 1. The number of carbonyl (C=O) groups is 1. The van der Waals surface area contributed by atoms with Crippen molar-refractivity contribution in [3.63, 3.8) is 0 Å². The van der Waals surface area contributed by atoms with Gasteiger partial charge in [0.05, 0.1) is 22.8 Å². The Balaban J connectivity index is 1.89. The summed E-state index contributed by atoms with van der Waals surface area (Å²) in [7, 11) is -3.87. The molecule has 1 N–H and O–H groups in total. The van der Waals surface area contributed by atoms with E-state index in [9.17, 15) is 23.3 Å². The average molecular weight is 425 g/mol. The second kappa shape index (κ2) is 8.27. The van der Waals surface area contributed by atoms with Gasteiger partial charge in [0.25, 0.3) is 5.69 Å². The van der Waals surface area contributed by atoms with Crippen LogP contribution in [-0.4, -0.2) is 25.9 Å². The predicted molar refractivity (Wildman–Crippen MR) is 106 cm³/mol. The van der Waals surface area contributed by atoms with Crippen molar-refractivity contribution in [3.05, 3.63) is 55.9 Å². The molecule has 1 aromatic heterocycles. The predicted octanol–water partition coefficient (Wildman–Crippen LogP) is 3.65. The van der Waals surface area contributed by atoms with Crippen molar-refractivity contribution >= 4 is 38.0 Å². The maximum Gasteiger partial charge on any atom is 0.341 e. The van der Waals surface area contributed by atoms with E-state index in [0.29, 0.717) is 17.5 Å². The number of thiophene rings is 1. The molecule has 0 atom stereocenters. The van der Waals surface area contributed by atoms with Crippen LogP contribution in [0.25, 0.3) is 0 Å². The molecular weight excluding hydrogens is 404 g/mol. The molecular formula is C18H20N2O6S2. The van der Waals surface area contributed by atoms with E-state index in [-0.39, 0.29) is 17.3 Å². The summed E-state index contributed by atoms with van der Waals surface area (Å²) in [4.78, 5) is 23.8. The summed E-state index contributed by atoms with van der Waals surface area (Å²) < 4.78 is 33.0. The highest BCUT2D eigenvalue weighted by molar-refractivity contribution is 7.92. The molecule has 2 aromatic rings. The highest BCUT2D eigenvalue weighted by Gasteiger charge is 2.28. The number of anilines is 1. The number of esters is 1. The van der Waals surface area contributed by atoms with Crippen LogP contribution in [0.5, 0.6) is 0 Å². The molecule has 28 heavy (non-hydrogen) atoms. The first-order valence-corrected chi connectivity index (χ1v) is 11.3. The lowest BCUT2D eigenvalue weighted by atomic mass is 9.95. The summed E-state index contributed by atoms with van der Waals surface area (Å²) in [5, 5.41) is 11.2. The lowest BCUT2D eigenvalue weighted by molar-refractivity contribution is -0.384. The molecule has 10 heteroatoms. The molecule has 150 valence electrons. The van der Waals surface area contributed by atoms with E-state index in [1.807, 2.05) is 0 Å². The van der Waals surface area contributed by atoms with Crippen LogP contribution in [-0.2, 0) is 33.4 Å². The number of nitro benzene ring substituents is 1. The van der Waals surface area contributed by atoms with Gasteiger partial charge in [-0.1, -0.05) is 12.1 Å². The molecule has 0 saturated carbocycles. The molecule has 8 nitrogen and oxygen atoms in total. The van der Waals surface area contributed by atoms with Crippen LogP contribution in [0.15, 0.2) is 24.3 Å². The summed E-state index contributed by atoms with van der Waals surface area (Å²) in [6, 6.07) is 5.48. The Bertz CT molecular complexity index is 1010. The maximum absolute atomic E-state index is 12.7. The van der Waals surface area contributed by atoms with Crippen LogP contribution >= 0.6 is 11.3 Å². The zero-order valence-corrected chi connectivity index (χ0v) is 16.9. The molecule has 1 heterocycles. The van der Waals surface area contributed by atoms with E-state index >= 15 is 0 Å². The van der Waals surface area contributed by atoms with E-state index in [0.717, 1.165) is 29.7 Å². The molecule has 0 saturated heterocycles. The summed E-state index contributed by atoms with van der Waals surface area (Å²) in [5.74, 6) is -0.963. The third-order valence-corrected chi connectivity index (χ3v) is 6.94. The molecule has 1 aromatic carbocycles. The Morgan fingerprint density at radius 2 is 2.07 bits per heavy atom. The monoisotopic (exact) mass is 424 g/mol. The minimum Gasteiger partial charge on any atom is -0.462 e. The molecule has 0 bridgehead atoms. The summed E-state index contributed by atoms with van der Waals surface area (Å²) >= 11 is 1.26. The fraction of sp³-hybridized carbons (Fsp3) is 0.389. The summed E-state index contributed by atoms with van der Waals surface area (Å²) in [6.45, 7) is 1.90. The standard InChI is InChI=1S/C18H20N2O6S2/c1-2-26-18(21)16-14-8-3-4-9-15(14)27-17(16)19-28(24,25)11-12-6-5-7-13(10-12)20(22)23/h5-7,10,19H,2-4,8-9,11H2,1H3. The van der Waals surface area contributed by atoms with Crippen molar-refractivity contribution in [1.29, 1.82) is 0 Å². The summed E-state index contributed by atoms with van der Waals surface area (Å²) in [5.41, 5.74) is 1.28. The van der Waals surface area contributed by atoms with Crippen LogP contribution in [0.1, 0.15) is 46.1 Å². The molecule has 0 unspecified atom stereocenters. The van der Waals surface area contributed by atoms with Crippen molar-refractivity contribution in [3.8, 4) is 0 Å². The number of hydrogen-bond acceptors (Lipinski definition) is 7. The Hall–Kier alpha value is -2.46. The molecule has 0 fully saturated rings. The molecule has 0 radical (unpaired) electrons. The SMILES string of the molecule is CCOC(=O)c1c(NS(=O)(=O)Cc2cccc([N+](=O)[O-])c2)sc2c1CCCC2. The maximum atomic E-state index is 12.7. The lowest BCUT2D eigenvalue weighted by Gasteiger charge is -2.12. The molecule has 1 aliphatic rings. The van der Waals surface area contributed by atoms with Crippen molar-refractivity contribution in [1.82, 2.24) is 0 Å². The molecule has 0 aliphatic heterocycles. The van der Waals surface area contributed by atoms with Gasteiger partial charge in [-0.2, -0.15) is 0 Å². The second-order valence-corrected chi connectivity index (χ2v) is 9.25. The number of nitrogens with one attached hydrogen (secondary N) is 1. The normalized spacial score (nSPS) is 13.6. The highest BCUT2D eigenvalue weighted by atomic mass is 32.2. The minimum absolute atomic E-state index is 0.175. The van der Waals surface area contributed by atoms with Gasteiger partial charge in [-0.3, -0.25) is 14.8 Å². The Morgan fingerprint density at radius 3 is 2.79 bits per heavy atom. The average Bonchev–Trinajstić information content (AvgIpc) is 2.98. The van der Waals surface area contributed by atoms with Crippen LogP contribution in [0.2, 0.25) is 0 Å². The largest absolute Gasteiger partial charge is 0.462 e. The van der Waals surface area contributed by atoms with Gasteiger partial charge in [-0.05, 0) is 43.7 Å². The van der Waals surface area contributed by atoms with Gasteiger partial charge in [-0.25, -0.2) is 13.2 Å². The Morgan fingerprint density at radius 1 is 1.32 bits per heavy atom. The van der Waals surface area contributed by atoms with E-state index in [1.165, 1.54) is 35.6 Å². The van der Waals surface area contributed by atoms with Gasteiger partial charge in [0, 0.05) is 17.0 Å². The Labute approximate surface area is 166 Å². The van der Waals surface area contributed by atoms with E-state index < -0.39 is 26.7 Å². The van der Waals surface area contributed by atoms with Crippen molar-refractivity contribution in [2.75, 3.05) is 11.3 Å². The van der Waals surface area contributed by atoms with Crippen LogP contribution in [0, 0.1) is 10.1 Å². The van der Waals surface area contributed by atoms with Gasteiger partial charge >= 0.3 is 5.97 Å². The number of sulfonamides is 1. The number of carbonyl (C=O) groups excluding carboxylic acids is 1. The zero-order valence-electron chi connectivity index (χ0n) is 15.3. The highest BCUT2D eigenvalue weighted by Crippen LogP contribution is 2.39. The number of nitrogens with zero attached hydrogens (tertiary/aromatic N) is 1. The molecule has 3 rings (SSSR count). The number of hydrogen-bond donors (Lipinski definition) is 1. The quantitative estimate of drug-likeness (QED) is 0.412. The number of ether oxygens (including phenoxy) is 1. The molecule has 0 amide bonds. The van der Waals surface area contributed by atoms with Crippen molar-refractivity contribution in [2.24, 2.45) is 0 Å². The fourth-order valence-corrected chi connectivity index (χ4v) is 5.96. The van der Waals surface area contributed by atoms with E-state index in [2.05, 4.69) is 4.72 Å². The summed E-state index contributed by atoms with van der Waals surface area (Å²) in [6.07, 6.45) is 3.46. The van der Waals surface area contributed by atoms with Crippen molar-refractivity contribution < 1.29 is 22.9 Å². The van der Waals surface area contributed by atoms with Crippen LogP contribution in [0.4, 0.5) is 10.7 Å². The molecule has 1 aliphatic carbocycles. The smallest absolute Gasteiger partial charge is 0.341 e. The zero-order chi connectivity index (χ0) is 20.3. The lowest BCUT2D eigenvalue weighted by Crippen LogP contribution is -2.17. The first-order chi connectivity index (χ1) is 13.3.